The lowest BCUT2D eigenvalue weighted by atomic mass is 10.3. The van der Waals surface area contributed by atoms with Gasteiger partial charge in [0, 0.05) is 17.6 Å². The lowest BCUT2D eigenvalue weighted by Crippen LogP contribution is -2.36. The second-order valence-corrected chi connectivity index (χ2v) is 4.98. The highest BCUT2D eigenvalue weighted by Crippen LogP contribution is 2.14. The molecular weight excluding hydrogens is 264 g/mol. The predicted octanol–water partition coefficient (Wildman–Crippen LogP) is 2.25. The fraction of sp³-hybridized carbons (Fsp3) is 0.417. The average Bonchev–Trinajstić information content (AvgIpc) is 3.07. The zero-order valence-electron chi connectivity index (χ0n) is 10.8. The van der Waals surface area contributed by atoms with Crippen molar-refractivity contribution in [2.24, 2.45) is 0 Å². The third-order valence-electron chi connectivity index (χ3n) is 2.56. The molecule has 2 aromatic rings. The molecule has 0 aliphatic carbocycles. The van der Waals surface area contributed by atoms with Gasteiger partial charge >= 0.3 is 6.03 Å². The number of carbonyl (C=O) groups excluding carboxylic acids is 1. The minimum absolute atomic E-state index is 0.110. The van der Waals surface area contributed by atoms with Gasteiger partial charge in [-0.1, -0.05) is 12.1 Å². The van der Waals surface area contributed by atoms with Gasteiger partial charge in [0.05, 0.1) is 18.3 Å². The Hall–Kier alpha value is -1.89. The van der Waals surface area contributed by atoms with Crippen LogP contribution in [0.2, 0.25) is 0 Å². The fourth-order valence-corrected chi connectivity index (χ4v) is 2.18. The zero-order valence-corrected chi connectivity index (χ0v) is 11.7. The summed E-state index contributed by atoms with van der Waals surface area (Å²) in [5.74, 6) is 0.647. The molecule has 0 saturated carbocycles. The van der Waals surface area contributed by atoms with Gasteiger partial charge in [0.25, 0.3) is 0 Å². The minimum Gasteiger partial charge on any atom is -0.359 e. The van der Waals surface area contributed by atoms with Crippen molar-refractivity contribution in [3.05, 3.63) is 34.1 Å². The molecule has 102 valence electrons. The predicted molar refractivity (Wildman–Crippen MR) is 71.8 cm³/mol. The van der Waals surface area contributed by atoms with E-state index in [1.165, 1.54) is 11.3 Å². The van der Waals surface area contributed by atoms with Crippen molar-refractivity contribution in [3.8, 4) is 0 Å². The summed E-state index contributed by atoms with van der Waals surface area (Å²) in [6.07, 6.45) is 2.54. The Morgan fingerprint density at radius 2 is 2.42 bits per heavy atom. The summed E-state index contributed by atoms with van der Waals surface area (Å²) in [5.41, 5.74) is 0.883. The molecule has 2 rings (SSSR count). The van der Waals surface area contributed by atoms with Gasteiger partial charge in [-0.3, -0.25) is 0 Å². The Kier molecular flexibility index (Phi) is 4.51. The Labute approximate surface area is 115 Å². The molecule has 0 bridgehead atoms. The third kappa shape index (κ3) is 3.78. The molecule has 0 fully saturated rings. The highest BCUT2D eigenvalue weighted by molar-refractivity contribution is 7.09. The first-order valence-corrected chi connectivity index (χ1v) is 6.95. The van der Waals surface area contributed by atoms with E-state index in [1.807, 2.05) is 25.3 Å². The highest BCUT2D eigenvalue weighted by atomic mass is 32.1. The molecule has 0 radical (unpaired) electrons. The molecule has 2 heterocycles. The van der Waals surface area contributed by atoms with Crippen molar-refractivity contribution >= 4 is 17.4 Å². The minimum atomic E-state index is -0.253. The molecule has 1 atom stereocenters. The quantitative estimate of drug-likeness (QED) is 0.880. The summed E-state index contributed by atoms with van der Waals surface area (Å²) < 4.78 is 5.08. The summed E-state index contributed by atoms with van der Waals surface area (Å²) in [6.45, 7) is 4.21. The summed E-state index contributed by atoms with van der Waals surface area (Å²) in [5, 5.41) is 12.1. The molecule has 0 aromatic carbocycles. The normalized spacial score (nSPS) is 12.1. The maximum absolute atomic E-state index is 11.7. The van der Waals surface area contributed by atoms with E-state index in [0.29, 0.717) is 12.3 Å². The smallest absolute Gasteiger partial charge is 0.315 e. The van der Waals surface area contributed by atoms with E-state index in [1.54, 1.807) is 6.20 Å². The van der Waals surface area contributed by atoms with Crippen LogP contribution in [0.3, 0.4) is 0 Å². The zero-order chi connectivity index (χ0) is 13.7. The van der Waals surface area contributed by atoms with E-state index in [2.05, 4.69) is 20.8 Å². The van der Waals surface area contributed by atoms with Crippen LogP contribution in [0.15, 0.2) is 22.2 Å². The lowest BCUT2D eigenvalue weighted by Gasteiger charge is -2.11. The Morgan fingerprint density at radius 3 is 3.05 bits per heavy atom. The second kappa shape index (κ2) is 6.33. The number of thiazole rings is 1. The number of carbonyl (C=O) groups is 1. The van der Waals surface area contributed by atoms with Crippen LogP contribution in [0.5, 0.6) is 0 Å². The Balaban J connectivity index is 1.78. The first-order chi connectivity index (χ1) is 9.19. The standard InChI is InChI=1S/C12H16N4O2S/c1-3-9-6-10(18-16-9)7-14-12(17)15-8(2)11-13-4-5-19-11/h4-6,8H,3,7H2,1-2H3,(H2,14,15,17). The summed E-state index contributed by atoms with van der Waals surface area (Å²) in [4.78, 5) is 15.8. The molecule has 2 amide bonds. The van der Waals surface area contributed by atoms with Crippen molar-refractivity contribution in [2.45, 2.75) is 32.9 Å². The van der Waals surface area contributed by atoms with Gasteiger partial charge in [0.1, 0.15) is 5.01 Å². The number of rotatable bonds is 5. The summed E-state index contributed by atoms with van der Waals surface area (Å²) >= 11 is 1.51. The second-order valence-electron chi connectivity index (χ2n) is 4.06. The highest BCUT2D eigenvalue weighted by Gasteiger charge is 2.11. The van der Waals surface area contributed by atoms with Crippen LogP contribution in [0.25, 0.3) is 0 Å². The Bertz CT molecular complexity index is 524. The van der Waals surface area contributed by atoms with Gasteiger partial charge in [-0.05, 0) is 13.3 Å². The maximum Gasteiger partial charge on any atom is 0.315 e. The van der Waals surface area contributed by atoms with E-state index in [-0.39, 0.29) is 12.1 Å². The molecule has 1 unspecified atom stereocenters. The molecule has 19 heavy (non-hydrogen) atoms. The van der Waals surface area contributed by atoms with Crippen LogP contribution in [0, 0.1) is 0 Å². The first kappa shape index (κ1) is 13.5. The Morgan fingerprint density at radius 1 is 1.58 bits per heavy atom. The van der Waals surface area contributed by atoms with Crippen molar-refractivity contribution in [1.82, 2.24) is 20.8 Å². The van der Waals surface area contributed by atoms with Gasteiger partial charge in [-0.15, -0.1) is 11.3 Å². The largest absolute Gasteiger partial charge is 0.359 e. The van der Waals surface area contributed by atoms with E-state index in [0.717, 1.165) is 17.1 Å². The fourth-order valence-electron chi connectivity index (χ4n) is 1.53. The van der Waals surface area contributed by atoms with Crippen molar-refractivity contribution in [1.29, 1.82) is 0 Å². The van der Waals surface area contributed by atoms with Crippen molar-refractivity contribution < 1.29 is 9.32 Å². The van der Waals surface area contributed by atoms with Crippen LogP contribution in [-0.2, 0) is 13.0 Å². The molecule has 2 N–H and O–H groups in total. The van der Waals surface area contributed by atoms with Crippen molar-refractivity contribution in [3.63, 3.8) is 0 Å². The monoisotopic (exact) mass is 280 g/mol. The third-order valence-corrected chi connectivity index (χ3v) is 3.52. The average molecular weight is 280 g/mol. The maximum atomic E-state index is 11.7. The van der Waals surface area contributed by atoms with Crippen LogP contribution in [0.4, 0.5) is 4.79 Å². The first-order valence-electron chi connectivity index (χ1n) is 6.07. The van der Waals surface area contributed by atoms with Crippen LogP contribution >= 0.6 is 11.3 Å². The molecule has 0 saturated heterocycles. The number of hydrogen-bond acceptors (Lipinski definition) is 5. The molecule has 6 nitrogen and oxygen atoms in total. The SMILES string of the molecule is CCc1cc(CNC(=O)NC(C)c2nccs2)on1. The topological polar surface area (TPSA) is 80.0 Å². The molecule has 0 spiro atoms. The number of nitrogens with zero attached hydrogens (tertiary/aromatic N) is 2. The van der Waals surface area contributed by atoms with Crippen LogP contribution in [-0.4, -0.2) is 16.2 Å². The molecule has 0 aliphatic rings. The lowest BCUT2D eigenvalue weighted by molar-refractivity contribution is 0.236. The van der Waals surface area contributed by atoms with Gasteiger partial charge in [0.15, 0.2) is 5.76 Å². The number of aromatic nitrogens is 2. The van der Waals surface area contributed by atoms with Crippen LogP contribution in [0.1, 0.15) is 36.4 Å². The summed E-state index contributed by atoms with van der Waals surface area (Å²) in [7, 11) is 0. The van der Waals surface area contributed by atoms with E-state index >= 15 is 0 Å². The van der Waals surface area contributed by atoms with E-state index < -0.39 is 0 Å². The van der Waals surface area contributed by atoms with Crippen molar-refractivity contribution in [2.75, 3.05) is 0 Å². The number of urea groups is 1. The molecule has 0 aliphatic heterocycles. The number of amides is 2. The number of aryl methyl sites for hydroxylation is 1. The molecule has 2 aromatic heterocycles. The van der Waals surface area contributed by atoms with Gasteiger partial charge < -0.3 is 15.2 Å². The van der Waals surface area contributed by atoms with E-state index in [9.17, 15) is 4.79 Å². The van der Waals surface area contributed by atoms with Gasteiger partial charge in [0.2, 0.25) is 0 Å². The van der Waals surface area contributed by atoms with Crippen LogP contribution < -0.4 is 10.6 Å². The summed E-state index contributed by atoms with van der Waals surface area (Å²) in [6, 6.07) is 1.47. The van der Waals surface area contributed by atoms with Gasteiger partial charge in [-0.25, -0.2) is 9.78 Å². The van der Waals surface area contributed by atoms with E-state index in [4.69, 9.17) is 4.52 Å². The molecule has 7 heteroatoms. The van der Waals surface area contributed by atoms with Gasteiger partial charge in [-0.2, -0.15) is 0 Å². The molecular formula is C12H16N4O2S. The number of hydrogen-bond donors (Lipinski definition) is 2. The number of nitrogens with one attached hydrogen (secondary N) is 2.